The quantitative estimate of drug-likeness (QED) is 0.663. The van der Waals surface area contributed by atoms with Gasteiger partial charge in [-0.25, -0.2) is 4.98 Å². The molecule has 132 valence electrons. The Morgan fingerprint density at radius 3 is 2.50 bits per heavy atom. The molecule has 0 radical (unpaired) electrons. The molecule has 1 aliphatic rings. The zero-order chi connectivity index (χ0) is 18.2. The van der Waals surface area contributed by atoms with E-state index in [0.717, 1.165) is 19.6 Å². The maximum absolute atomic E-state index is 12.6. The minimum atomic E-state index is -0.240. The van der Waals surface area contributed by atoms with Crippen molar-refractivity contribution in [1.29, 1.82) is 5.26 Å². The Kier molecular flexibility index (Phi) is 5.96. The van der Waals surface area contributed by atoms with Crippen LogP contribution >= 0.6 is 0 Å². The summed E-state index contributed by atoms with van der Waals surface area (Å²) in [5.41, 5.74) is 1.36. The molecule has 3 rings (SSSR count). The SMILES string of the molecule is N#C/C(=C/Nc1ccccn1)C(=O)N1CCN(Cc2ccccc2)CC1. The molecule has 6 heteroatoms. The average molecular weight is 347 g/mol. The molecule has 6 nitrogen and oxygen atoms in total. The van der Waals surface area contributed by atoms with E-state index in [-0.39, 0.29) is 11.5 Å². The zero-order valence-corrected chi connectivity index (χ0v) is 14.5. The monoisotopic (exact) mass is 347 g/mol. The fraction of sp³-hybridized carbons (Fsp3) is 0.250. The molecule has 1 saturated heterocycles. The van der Waals surface area contributed by atoms with Gasteiger partial charge in [0.2, 0.25) is 0 Å². The summed E-state index contributed by atoms with van der Waals surface area (Å²) in [6.07, 6.45) is 3.08. The van der Waals surface area contributed by atoms with E-state index >= 15 is 0 Å². The molecule has 0 unspecified atom stereocenters. The molecule has 0 atom stereocenters. The second kappa shape index (κ2) is 8.79. The van der Waals surface area contributed by atoms with Gasteiger partial charge in [-0.05, 0) is 17.7 Å². The van der Waals surface area contributed by atoms with Crippen molar-refractivity contribution in [3.8, 4) is 6.07 Å². The van der Waals surface area contributed by atoms with Gasteiger partial charge in [-0.1, -0.05) is 36.4 Å². The molecule has 2 aromatic rings. The third-order valence-corrected chi connectivity index (χ3v) is 4.29. The van der Waals surface area contributed by atoms with E-state index < -0.39 is 0 Å². The van der Waals surface area contributed by atoms with Crippen LogP contribution in [-0.4, -0.2) is 46.9 Å². The maximum atomic E-state index is 12.6. The number of carbonyl (C=O) groups is 1. The second-order valence-corrected chi connectivity index (χ2v) is 6.08. The number of hydrogen-bond acceptors (Lipinski definition) is 5. The first-order chi connectivity index (χ1) is 12.8. The van der Waals surface area contributed by atoms with Crippen molar-refractivity contribution in [3.63, 3.8) is 0 Å². The number of rotatable bonds is 5. The van der Waals surface area contributed by atoms with Gasteiger partial charge in [0.1, 0.15) is 17.5 Å². The lowest BCUT2D eigenvalue weighted by Crippen LogP contribution is -2.48. The van der Waals surface area contributed by atoms with E-state index in [2.05, 4.69) is 27.3 Å². The predicted octanol–water partition coefficient (Wildman–Crippen LogP) is 2.25. The van der Waals surface area contributed by atoms with Crippen LogP contribution in [0.2, 0.25) is 0 Å². The number of carbonyl (C=O) groups excluding carboxylic acids is 1. The Morgan fingerprint density at radius 1 is 1.12 bits per heavy atom. The Morgan fingerprint density at radius 2 is 1.85 bits per heavy atom. The number of nitriles is 1. The van der Waals surface area contributed by atoms with Gasteiger partial charge in [0.25, 0.3) is 5.91 Å². The highest BCUT2D eigenvalue weighted by Gasteiger charge is 2.23. The van der Waals surface area contributed by atoms with Crippen LogP contribution in [-0.2, 0) is 11.3 Å². The average Bonchev–Trinajstić information content (AvgIpc) is 2.70. The number of pyridine rings is 1. The van der Waals surface area contributed by atoms with E-state index in [1.807, 2.05) is 30.3 Å². The molecular formula is C20H21N5O. The molecule has 1 aromatic carbocycles. The summed E-state index contributed by atoms with van der Waals surface area (Å²) in [6, 6.07) is 17.7. The highest BCUT2D eigenvalue weighted by molar-refractivity contribution is 5.97. The van der Waals surface area contributed by atoms with Gasteiger partial charge < -0.3 is 10.2 Å². The molecule has 0 saturated carbocycles. The third-order valence-electron chi connectivity index (χ3n) is 4.29. The van der Waals surface area contributed by atoms with Crippen LogP contribution in [0.3, 0.4) is 0 Å². The Labute approximate surface area is 153 Å². The van der Waals surface area contributed by atoms with E-state index in [4.69, 9.17) is 0 Å². The normalized spacial score (nSPS) is 15.3. The van der Waals surface area contributed by atoms with Crippen molar-refractivity contribution in [2.45, 2.75) is 6.54 Å². The summed E-state index contributed by atoms with van der Waals surface area (Å²) in [5, 5.41) is 12.2. The van der Waals surface area contributed by atoms with Crippen molar-refractivity contribution < 1.29 is 4.79 Å². The maximum Gasteiger partial charge on any atom is 0.266 e. The van der Waals surface area contributed by atoms with Gasteiger partial charge in [-0.15, -0.1) is 0 Å². The number of aromatic nitrogens is 1. The summed E-state index contributed by atoms with van der Waals surface area (Å²) >= 11 is 0. The lowest BCUT2D eigenvalue weighted by Gasteiger charge is -2.34. The number of benzene rings is 1. The summed E-state index contributed by atoms with van der Waals surface area (Å²) in [4.78, 5) is 20.7. The van der Waals surface area contributed by atoms with Gasteiger partial charge in [0.15, 0.2) is 0 Å². The third kappa shape index (κ3) is 4.68. The summed E-state index contributed by atoms with van der Waals surface area (Å²) < 4.78 is 0. The van der Waals surface area contributed by atoms with Gasteiger partial charge in [0.05, 0.1) is 0 Å². The van der Waals surface area contributed by atoms with Gasteiger partial charge in [0, 0.05) is 45.1 Å². The molecule has 2 heterocycles. The lowest BCUT2D eigenvalue weighted by atomic mass is 10.2. The number of piperazine rings is 1. The van der Waals surface area contributed by atoms with Gasteiger partial charge in [-0.3, -0.25) is 9.69 Å². The van der Waals surface area contributed by atoms with Crippen LogP contribution in [0.15, 0.2) is 66.5 Å². The molecule has 1 fully saturated rings. The molecule has 1 amide bonds. The van der Waals surface area contributed by atoms with Crippen molar-refractivity contribution in [2.75, 3.05) is 31.5 Å². The van der Waals surface area contributed by atoms with Crippen LogP contribution in [0.25, 0.3) is 0 Å². The van der Waals surface area contributed by atoms with Crippen molar-refractivity contribution >= 4 is 11.7 Å². The number of hydrogen-bond donors (Lipinski definition) is 1. The van der Waals surface area contributed by atoms with Crippen LogP contribution in [0.5, 0.6) is 0 Å². The first-order valence-corrected chi connectivity index (χ1v) is 8.59. The Balaban J connectivity index is 1.54. The minimum absolute atomic E-state index is 0.0900. The minimum Gasteiger partial charge on any atom is -0.345 e. The number of nitrogens with zero attached hydrogens (tertiary/aromatic N) is 4. The fourth-order valence-corrected chi connectivity index (χ4v) is 2.86. The largest absolute Gasteiger partial charge is 0.345 e. The topological polar surface area (TPSA) is 72.3 Å². The summed E-state index contributed by atoms with van der Waals surface area (Å²) in [7, 11) is 0. The number of anilines is 1. The van der Waals surface area contributed by atoms with Crippen LogP contribution in [0.1, 0.15) is 5.56 Å². The molecule has 1 aromatic heterocycles. The standard InChI is InChI=1S/C20H21N5O/c21-14-18(15-23-19-8-4-5-9-22-19)20(26)25-12-10-24(11-13-25)16-17-6-2-1-3-7-17/h1-9,15H,10-13,16H2,(H,22,23)/b18-15-. The molecule has 26 heavy (non-hydrogen) atoms. The Bertz CT molecular complexity index is 790. The molecule has 1 N–H and O–H groups in total. The molecule has 0 bridgehead atoms. The lowest BCUT2D eigenvalue weighted by molar-refractivity contribution is -0.128. The highest BCUT2D eigenvalue weighted by atomic mass is 16.2. The van der Waals surface area contributed by atoms with Crippen LogP contribution in [0.4, 0.5) is 5.82 Å². The Hall–Kier alpha value is -3.17. The summed E-state index contributed by atoms with van der Waals surface area (Å²) in [6.45, 7) is 3.72. The van der Waals surface area contributed by atoms with Gasteiger partial charge >= 0.3 is 0 Å². The van der Waals surface area contributed by atoms with Gasteiger partial charge in [-0.2, -0.15) is 5.26 Å². The predicted molar refractivity (Wildman–Crippen MR) is 99.9 cm³/mol. The van der Waals surface area contributed by atoms with Crippen molar-refractivity contribution in [1.82, 2.24) is 14.8 Å². The second-order valence-electron chi connectivity index (χ2n) is 6.08. The molecule has 0 aliphatic carbocycles. The van der Waals surface area contributed by atoms with Crippen LogP contribution in [0, 0.1) is 11.3 Å². The smallest absolute Gasteiger partial charge is 0.266 e. The first kappa shape index (κ1) is 17.6. The van der Waals surface area contributed by atoms with E-state index in [1.54, 1.807) is 23.2 Å². The first-order valence-electron chi connectivity index (χ1n) is 8.59. The van der Waals surface area contributed by atoms with Crippen LogP contribution < -0.4 is 5.32 Å². The van der Waals surface area contributed by atoms with E-state index in [0.29, 0.717) is 18.9 Å². The molecule has 0 spiro atoms. The molecular weight excluding hydrogens is 326 g/mol. The van der Waals surface area contributed by atoms with Crippen molar-refractivity contribution in [3.05, 3.63) is 72.1 Å². The zero-order valence-electron chi connectivity index (χ0n) is 14.5. The van der Waals surface area contributed by atoms with E-state index in [1.165, 1.54) is 11.8 Å². The van der Waals surface area contributed by atoms with E-state index in [9.17, 15) is 10.1 Å². The summed E-state index contributed by atoms with van der Waals surface area (Å²) in [5.74, 6) is 0.357. The number of nitrogens with one attached hydrogen (secondary N) is 1. The molecule has 1 aliphatic heterocycles. The number of amides is 1. The van der Waals surface area contributed by atoms with Crippen molar-refractivity contribution in [2.24, 2.45) is 0 Å². The fourth-order valence-electron chi connectivity index (χ4n) is 2.86. The highest BCUT2D eigenvalue weighted by Crippen LogP contribution is 2.11.